The van der Waals surface area contributed by atoms with Crippen LogP contribution in [0, 0.1) is 5.92 Å². The number of nitrogens with zero attached hydrogens (tertiary/aromatic N) is 2. The van der Waals surface area contributed by atoms with Gasteiger partial charge in [0.15, 0.2) is 5.96 Å². The first-order valence-corrected chi connectivity index (χ1v) is 10.2. The molecule has 1 heterocycles. The van der Waals surface area contributed by atoms with Crippen LogP contribution in [-0.4, -0.2) is 69.2 Å². The molecule has 1 saturated heterocycles. The summed E-state index contributed by atoms with van der Waals surface area (Å²) in [5, 5.41) is 9.30. The van der Waals surface area contributed by atoms with E-state index in [1.807, 2.05) is 24.3 Å². The van der Waals surface area contributed by atoms with Crippen molar-refractivity contribution in [1.29, 1.82) is 0 Å². The molecule has 0 aromatic heterocycles. The molecule has 3 N–H and O–H groups in total. The lowest BCUT2D eigenvalue weighted by molar-refractivity contribution is -0.0284. The van der Waals surface area contributed by atoms with Gasteiger partial charge in [0, 0.05) is 45.3 Å². The molecule has 0 aliphatic carbocycles. The molecule has 0 radical (unpaired) electrons. The molecule has 1 aliphatic heterocycles. The van der Waals surface area contributed by atoms with Crippen molar-refractivity contribution >= 4 is 11.9 Å². The maximum Gasteiger partial charge on any atom is 0.251 e. The summed E-state index contributed by atoms with van der Waals surface area (Å²) in [6, 6.07) is 7.52. The fourth-order valence-corrected chi connectivity index (χ4v) is 3.21. The molecule has 2 rings (SSSR count). The van der Waals surface area contributed by atoms with Gasteiger partial charge >= 0.3 is 0 Å². The van der Waals surface area contributed by atoms with E-state index >= 15 is 0 Å². The second kappa shape index (κ2) is 11.7. The number of rotatable bonds is 8. The zero-order valence-electron chi connectivity index (χ0n) is 17.6. The summed E-state index contributed by atoms with van der Waals surface area (Å²) in [4.78, 5) is 18.7. The lowest BCUT2D eigenvalue weighted by Crippen LogP contribution is -2.50. The average molecular weight is 390 g/mol. The molecule has 7 nitrogen and oxygen atoms in total. The van der Waals surface area contributed by atoms with E-state index in [-0.39, 0.29) is 12.0 Å². The van der Waals surface area contributed by atoms with Gasteiger partial charge in [-0.3, -0.25) is 9.69 Å². The number of hydrogen-bond donors (Lipinski definition) is 3. The van der Waals surface area contributed by atoms with Gasteiger partial charge < -0.3 is 20.7 Å². The van der Waals surface area contributed by atoms with Gasteiger partial charge in [-0.2, -0.15) is 0 Å². The van der Waals surface area contributed by atoms with E-state index in [9.17, 15) is 4.79 Å². The fourth-order valence-electron chi connectivity index (χ4n) is 3.21. The van der Waals surface area contributed by atoms with E-state index in [2.05, 4.69) is 46.6 Å². The van der Waals surface area contributed by atoms with Crippen molar-refractivity contribution in [2.24, 2.45) is 10.9 Å². The summed E-state index contributed by atoms with van der Waals surface area (Å²) < 4.78 is 5.90. The third-order valence-electron chi connectivity index (χ3n) is 4.55. The van der Waals surface area contributed by atoms with Crippen molar-refractivity contribution in [3.8, 4) is 0 Å². The van der Waals surface area contributed by atoms with Gasteiger partial charge in [0.2, 0.25) is 0 Å². The molecule has 1 fully saturated rings. The molecule has 1 atom stereocenters. The van der Waals surface area contributed by atoms with E-state index < -0.39 is 0 Å². The Labute approximate surface area is 168 Å². The Balaban J connectivity index is 1.87. The Hall–Kier alpha value is -2.12. The van der Waals surface area contributed by atoms with Crippen molar-refractivity contribution in [2.75, 3.05) is 46.4 Å². The van der Waals surface area contributed by atoms with Crippen molar-refractivity contribution < 1.29 is 9.53 Å². The highest BCUT2D eigenvalue weighted by Crippen LogP contribution is 2.08. The smallest absolute Gasteiger partial charge is 0.251 e. The summed E-state index contributed by atoms with van der Waals surface area (Å²) in [6.07, 6.45) is 0.170. The zero-order valence-corrected chi connectivity index (χ0v) is 17.6. The van der Waals surface area contributed by atoms with Crippen LogP contribution in [0.4, 0.5) is 0 Å². The molecule has 156 valence electrons. The van der Waals surface area contributed by atoms with Gasteiger partial charge in [-0.25, -0.2) is 4.99 Å². The minimum Gasteiger partial charge on any atom is -0.374 e. The number of nitrogens with one attached hydrogen (secondary N) is 3. The van der Waals surface area contributed by atoms with Crippen molar-refractivity contribution in [3.63, 3.8) is 0 Å². The molecule has 1 amide bonds. The molecule has 7 heteroatoms. The third kappa shape index (κ3) is 7.48. The quantitative estimate of drug-likeness (QED) is 0.463. The second-order valence-corrected chi connectivity index (χ2v) is 7.50. The first kappa shape index (κ1) is 22.2. The Morgan fingerprint density at radius 3 is 2.68 bits per heavy atom. The summed E-state index contributed by atoms with van der Waals surface area (Å²) in [5.74, 6) is 1.37. The second-order valence-electron chi connectivity index (χ2n) is 7.50. The van der Waals surface area contributed by atoms with Crippen LogP contribution in [0.1, 0.15) is 36.7 Å². The highest BCUT2D eigenvalue weighted by Gasteiger charge is 2.21. The molecule has 28 heavy (non-hydrogen) atoms. The molecule has 1 unspecified atom stereocenters. The number of benzene rings is 1. The minimum atomic E-state index is -0.0796. The number of ether oxygens (including phenoxy) is 1. The highest BCUT2D eigenvalue weighted by molar-refractivity contribution is 5.93. The van der Waals surface area contributed by atoms with E-state index in [4.69, 9.17) is 4.74 Å². The standard InChI is InChI=1S/C21H35N5O2/c1-5-23-21(24-12-17-6-8-18(9-7-17)20(27)22-4)25-13-19-15-26(10-11-28-19)14-16(2)3/h6-9,16,19H,5,10-15H2,1-4H3,(H,22,27)(H2,23,24,25). The molecule has 1 aromatic carbocycles. The van der Waals surface area contributed by atoms with Crippen molar-refractivity contribution in [2.45, 2.75) is 33.4 Å². The molecule has 0 saturated carbocycles. The van der Waals surface area contributed by atoms with E-state index in [1.165, 1.54) is 0 Å². The Morgan fingerprint density at radius 1 is 1.29 bits per heavy atom. The van der Waals surface area contributed by atoms with Crippen LogP contribution >= 0.6 is 0 Å². The van der Waals surface area contributed by atoms with Crippen LogP contribution in [0.5, 0.6) is 0 Å². The number of carbonyl (C=O) groups excluding carboxylic acids is 1. The van der Waals surface area contributed by atoms with Crippen LogP contribution in [-0.2, 0) is 11.3 Å². The SMILES string of the molecule is CCNC(=NCc1ccc(C(=O)NC)cc1)NCC1CN(CC(C)C)CCO1. The predicted molar refractivity (Wildman–Crippen MR) is 114 cm³/mol. The maximum atomic E-state index is 11.6. The van der Waals surface area contributed by atoms with Gasteiger partial charge in [-0.15, -0.1) is 0 Å². The first-order valence-electron chi connectivity index (χ1n) is 10.2. The number of aliphatic imine (C=N–C) groups is 1. The number of amides is 1. The summed E-state index contributed by atoms with van der Waals surface area (Å²) in [6.45, 7) is 12.5. The molecular formula is C21H35N5O2. The molecule has 1 aromatic rings. The van der Waals surface area contributed by atoms with Gasteiger partial charge in [-0.05, 0) is 30.5 Å². The lowest BCUT2D eigenvalue weighted by atomic mass is 10.1. The fraction of sp³-hybridized carbons (Fsp3) is 0.619. The van der Waals surface area contributed by atoms with E-state index in [0.29, 0.717) is 18.0 Å². The van der Waals surface area contributed by atoms with Crippen LogP contribution in [0.3, 0.4) is 0 Å². The molecule has 0 spiro atoms. The molecule has 1 aliphatic rings. The largest absolute Gasteiger partial charge is 0.374 e. The van der Waals surface area contributed by atoms with Crippen molar-refractivity contribution in [1.82, 2.24) is 20.9 Å². The highest BCUT2D eigenvalue weighted by atomic mass is 16.5. The Bertz CT molecular complexity index is 630. The van der Waals surface area contributed by atoms with Crippen LogP contribution in [0.2, 0.25) is 0 Å². The van der Waals surface area contributed by atoms with Gasteiger partial charge in [0.1, 0.15) is 0 Å². The Kier molecular flexibility index (Phi) is 9.23. The molecular weight excluding hydrogens is 354 g/mol. The average Bonchev–Trinajstić information content (AvgIpc) is 2.69. The minimum absolute atomic E-state index is 0.0796. The van der Waals surface area contributed by atoms with Crippen LogP contribution < -0.4 is 16.0 Å². The summed E-state index contributed by atoms with van der Waals surface area (Å²) in [7, 11) is 1.63. The Morgan fingerprint density at radius 2 is 2.04 bits per heavy atom. The summed E-state index contributed by atoms with van der Waals surface area (Å²) in [5.41, 5.74) is 1.71. The lowest BCUT2D eigenvalue weighted by Gasteiger charge is -2.34. The zero-order chi connectivity index (χ0) is 20.4. The predicted octanol–water partition coefficient (Wildman–Crippen LogP) is 1.46. The van der Waals surface area contributed by atoms with Gasteiger partial charge in [-0.1, -0.05) is 26.0 Å². The van der Waals surface area contributed by atoms with E-state index in [0.717, 1.165) is 50.9 Å². The third-order valence-corrected chi connectivity index (χ3v) is 4.55. The van der Waals surface area contributed by atoms with E-state index in [1.54, 1.807) is 7.05 Å². The van der Waals surface area contributed by atoms with Gasteiger partial charge in [0.05, 0.1) is 19.3 Å². The summed E-state index contributed by atoms with van der Waals surface area (Å²) >= 11 is 0. The normalized spacial score (nSPS) is 18.2. The number of hydrogen-bond acceptors (Lipinski definition) is 4. The first-order chi connectivity index (χ1) is 13.5. The van der Waals surface area contributed by atoms with Crippen LogP contribution in [0.15, 0.2) is 29.3 Å². The maximum absolute atomic E-state index is 11.6. The topological polar surface area (TPSA) is 78.0 Å². The molecule has 0 bridgehead atoms. The number of guanidine groups is 1. The number of carbonyl (C=O) groups is 1. The van der Waals surface area contributed by atoms with Crippen LogP contribution in [0.25, 0.3) is 0 Å². The number of morpholine rings is 1. The van der Waals surface area contributed by atoms with Gasteiger partial charge in [0.25, 0.3) is 5.91 Å². The van der Waals surface area contributed by atoms with Crippen molar-refractivity contribution in [3.05, 3.63) is 35.4 Å². The monoisotopic (exact) mass is 389 g/mol.